The zero-order valence-corrected chi connectivity index (χ0v) is 8.82. The number of ketones is 2. The van der Waals surface area contributed by atoms with Crippen molar-refractivity contribution in [3.63, 3.8) is 0 Å². The third kappa shape index (κ3) is 1.21. The maximum absolute atomic E-state index is 12.0. The number of hydrogen-bond donors (Lipinski definition) is 0. The van der Waals surface area contributed by atoms with Gasteiger partial charge in [-0.15, -0.1) is 0 Å². The zero-order valence-electron chi connectivity index (χ0n) is 8.82. The summed E-state index contributed by atoms with van der Waals surface area (Å²) in [5.41, 5.74) is 8.27. The Kier molecular flexibility index (Phi) is 2.31. The Bertz CT molecular complexity index is 374. The fraction of sp³-hybridized carbons (Fsp3) is 0.727. The van der Waals surface area contributed by atoms with Crippen LogP contribution in [0.1, 0.15) is 39.0 Å². The third-order valence-corrected chi connectivity index (χ3v) is 3.75. The van der Waals surface area contributed by atoms with Gasteiger partial charge >= 0.3 is 5.71 Å². The molecule has 2 saturated carbocycles. The highest BCUT2D eigenvalue weighted by molar-refractivity contribution is 6.52. The molecule has 2 aliphatic carbocycles. The highest BCUT2D eigenvalue weighted by Gasteiger charge is 2.62. The summed E-state index contributed by atoms with van der Waals surface area (Å²) in [6, 6.07) is 0. The molecule has 4 heteroatoms. The number of hydrogen-bond acceptors (Lipinski definition) is 2. The molecular weight excluding hydrogens is 192 g/mol. The van der Waals surface area contributed by atoms with Crippen LogP contribution in [0.4, 0.5) is 0 Å². The van der Waals surface area contributed by atoms with Gasteiger partial charge in [0.25, 0.3) is 5.78 Å². The molecule has 15 heavy (non-hydrogen) atoms. The molecule has 0 aliphatic heterocycles. The van der Waals surface area contributed by atoms with Crippen LogP contribution in [-0.4, -0.2) is 22.1 Å². The first-order valence-electron chi connectivity index (χ1n) is 5.44. The first kappa shape index (κ1) is 10.2. The van der Waals surface area contributed by atoms with Gasteiger partial charge in [0, 0.05) is 0 Å². The number of rotatable bonds is 0. The molecule has 0 aromatic rings. The summed E-state index contributed by atoms with van der Waals surface area (Å²) in [6.45, 7) is 1.61. The van der Waals surface area contributed by atoms with Crippen LogP contribution in [0, 0.1) is 11.3 Å². The molecule has 80 valence electrons. The number of Topliss-reactive ketones (excluding diaryl/α,β-unsaturated/α-hetero) is 2. The van der Waals surface area contributed by atoms with Crippen molar-refractivity contribution in [2.24, 2.45) is 11.3 Å². The molecule has 0 saturated heterocycles. The van der Waals surface area contributed by atoms with Gasteiger partial charge in [-0.1, -0.05) is 19.3 Å². The average Bonchev–Trinajstić information content (AvgIpc) is 2.43. The second kappa shape index (κ2) is 3.38. The van der Waals surface area contributed by atoms with Gasteiger partial charge in [-0.2, -0.15) is 4.79 Å². The molecule has 0 amide bonds. The largest absolute Gasteiger partial charge is 0.361 e. The molecule has 1 unspecified atom stereocenters. The second-order valence-corrected chi connectivity index (χ2v) is 4.54. The summed E-state index contributed by atoms with van der Waals surface area (Å²) >= 11 is 0. The van der Waals surface area contributed by atoms with Crippen LogP contribution < -0.4 is 0 Å². The third-order valence-electron chi connectivity index (χ3n) is 3.75. The van der Waals surface area contributed by atoms with Crippen LogP contribution in [0.25, 0.3) is 5.53 Å². The van der Waals surface area contributed by atoms with E-state index in [1.165, 1.54) is 0 Å². The van der Waals surface area contributed by atoms with E-state index in [4.69, 9.17) is 5.53 Å². The summed E-state index contributed by atoms with van der Waals surface area (Å²) < 4.78 is 0. The molecule has 2 fully saturated rings. The summed E-state index contributed by atoms with van der Waals surface area (Å²) in [5.74, 6) is -0.946. The van der Waals surface area contributed by atoms with Gasteiger partial charge in [0.1, 0.15) is 5.41 Å². The minimum atomic E-state index is -0.747. The van der Waals surface area contributed by atoms with Crippen molar-refractivity contribution >= 4 is 17.3 Å². The van der Waals surface area contributed by atoms with Crippen LogP contribution >= 0.6 is 0 Å². The summed E-state index contributed by atoms with van der Waals surface area (Å²) in [6.07, 6.45) is 4.30. The Labute approximate surface area is 88.3 Å². The maximum atomic E-state index is 12.0. The molecule has 0 aromatic carbocycles. The fourth-order valence-corrected chi connectivity index (χ4v) is 2.87. The van der Waals surface area contributed by atoms with E-state index in [1.54, 1.807) is 6.92 Å². The first-order chi connectivity index (χ1) is 7.13. The quantitative estimate of drug-likeness (QED) is 0.341. The van der Waals surface area contributed by atoms with Crippen LogP contribution in [0.2, 0.25) is 0 Å². The number of carbonyl (C=O) groups excluding carboxylic acids is 2. The predicted molar refractivity (Wildman–Crippen MR) is 53.3 cm³/mol. The highest BCUT2D eigenvalue weighted by Crippen LogP contribution is 2.44. The molecule has 1 atom stereocenters. The predicted octanol–water partition coefficient (Wildman–Crippen LogP) is 1.40. The minimum absolute atomic E-state index is 0.0417. The van der Waals surface area contributed by atoms with Crippen molar-refractivity contribution in [2.75, 3.05) is 0 Å². The van der Waals surface area contributed by atoms with E-state index in [-0.39, 0.29) is 17.3 Å². The normalized spacial score (nSPS) is 29.7. The Balaban J connectivity index is 2.49. The highest BCUT2D eigenvalue weighted by atomic mass is 16.2. The van der Waals surface area contributed by atoms with Crippen LogP contribution in [0.3, 0.4) is 0 Å². The molecule has 0 bridgehead atoms. The van der Waals surface area contributed by atoms with Gasteiger partial charge in [0.15, 0.2) is 5.78 Å². The van der Waals surface area contributed by atoms with Gasteiger partial charge in [-0.3, -0.25) is 9.59 Å². The Morgan fingerprint density at radius 1 is 1.27 bits per heavy atom. The fourth-order valence-electron chi connectivity index (χ4n) is 2.87. The van der Waals surface area contributed by atoms with Crippen molar-refractivity contribution in [2.45, 2.75) is 39.0 Å². The summed E-state index contributed by atoms with van der Waals surface area (Å²) in [4.78, 5) is 26.9. The van der Waals surface area contributed by atoms with Crippen LogP contribution in [0.5, 0.6) is 0 Å². The van der Waals surface area contributed by atoms with E-state index in [2.05, 4.69) is 4.79 Å². The van der Waals surface area contributed by atoms with Crippen molar-refractivity contribution in [1.29, 1.82) is 0 Å². The Morgan fingerprint density at radius 3 is 2.40 bits per heavy atom. The summed E-state index contributed by atoms with van der Waals surface area (Å²) in [5, 5.41) is 0. The smallest absolute Gasteiger partial charge is 0.348 e. The molecule has 0 N–H and O–H groups in total. The van der Waals surface area contributed by atoms with Gasteiger partial charge < -0.3 is 5.53 Å². The van der Waals surface area contributed by atoms with E-state index in [1.807, 2.05) is 0 Å². The van der Waals surface area contributed by atoms with E-state index < -0.39 is 11.3 Å². The van der Waals surface area contributed by atoms with Crippen molar-refractivity contribution < 1.29 is 14.4 Å². The van der Waals surface area contributed by atoms with Gasteiger partial charge in [0.2, 0.25) is 0 Å². The number of carbonyl (C=O) groups is 2. The van der Waals surface area contributed by atoms with Crippen LogP contribution in [-0.2, 0) is 9.59 Å². The van der Waals surface area contributed by atoms with Gasteiger partial charge in [-0.25, -0.2) is 0 Å². The van der Waals surface area contributed by atoms with E-state index in [0.29, 0.717) is 12.8 Å². The molecule has 4 nitrogen and oxygen atoms in total. The number of nitrogens with zero attached hydrogens (tertiary/aromatic N) is 2. The van der Waals surface area contributed by atoms with Crippen LogP contribution in [0.15, 0.2) is 0 Å². The second-order valence-electron chi connectivity index (χ2n) is 4.54. The van der Waals surface area contributed by atoms with Gasteiger partial charge in [-0.05, 0) is 19.8 Å². The standard InChI is InChI=1S/C11H14N2O2/c1-7-8(14)9(13-12)11(10(7)15)5-3-2-4-6-11/h7H,2-6H2,1H3. The van der Waals surface area contributed by atoms with Crippen molar-refractivity contribution in [3.8, 4) is 0 Å². The zero-order chi connectivity index (χ0) is 11.1. The molecule has 0 aromatic heterocycles. The monoisotopic (exact) mass is 206 g/mol. The van der Waals surface area contributed by atoms with E-state index in [9.17, 15) is 9.59 Å². The molecular formula is C11H14N2O2. The van der Waals surface area contributed by atoms with E-state index in [0.717, 1.165) is 19.3 Å². The lowest BCUT2D eigenvalue weighted by Crippen LogP contribution is -2.37. The molecule has 0 radical (unpaired) electrons. The molecule has 2 rings (SSSR count). The minimum Gasteiger partial charge on any atom is -0.361 e. The SMILES string of the molecule is CC1C(=O)C(=[N+]=[N-])C2(CCCCC2)C1=O. The lowest BCUT2D eigenvalue weighted by molar-refractivity contribution is -0.130. The molecule has 1 spiro atoms. The lowest BCUT2D eigenvalue weighted by Gasteiger charge is -2.26. The summed E-state index contributed by atoms with van der Waals surface area (Å²) in [7, 11) is 0. The molecule has 0 heterocycles. The molecule has 2 aliphatic rings. The first-order valence-corrected chi connectivity index (χ1v) is 5.44. The van der Waals surface area contributed by atoms with Gasteiger partial charge in [0.05, 0.1) is 5.92 Å². The Morgan fingerprint density at radius 2 is 1.87 bits per heavy atom. The van der Waals surface area contributed by atoms with Crippen molar-refractivity contribution in [3.05, 3.63) is 5.53 Å². The topological polar surface area (TPSA) is 70.5 Å². The lowest BCUT2D eigenvalue weighted by atomic mass is 9.71. The Hall–Kier alpha value is -1.28. The maximum Gasteiger partial charge on any atom is 0.348 e. The van der Waals surface area contributed by atoms with E-state index >= 15 is 0 Å². The average molecular weight is 206 g/mol. The van der Waals surface area contributed by atoms with Crippen molar-refractivity contribution in [1.82, 2.24) is 0 Å².